The molecule has 0 fully saturated rings. The maximum Gasteiger partial charge on any atom is 0.242 e. The van der Waals surface area contributed by atoms with Gasteiger partial charge >= 0.3 is 0 Å². The Morgan fingerprint density at radius 3 is 2.86 bits per heavy atom. The van der Waals surface area contributed by atoms with Crippen LogP contribution in [0, 0.1) is 0 Å². The number of rotatable bonds is 4. The van der Waals surface area contributed by atoms with Gasteiger partial charge in [-0.1, -0.05) is 0 Å². The third-order valence-corrected chi connectivity index (χ3v) is 2.92. The molecule has 14 heavy (non-hydrogen) atoms. The Balaban J connectivity index is 2.77. The lowest BCUT2D eigenvalue weighted by Crippen LogP contribution is -2.30. The van der Waals surface area contributed by atoms with Gasteiger partial charge in [0.25, 0.3) is 0 Å². The van der Waals surface area contributed by atoms with Crippen LogP contribution in [-0.2, 0) is 10.0 Å². The molecule has 0 saturated carbocycles. The van der Waals surface area contributed by atoms with Crippen LogP contribution in [0.15, 0.2) is 29.4 Å². The Bertz CT molecular complexity index is 375. The lowest BCUT2D eigenvalue weighted by molar-refractivity contribution is 0.198. The molecule has 0 radical (unpaired) electrons. The zero-order valence-electron chi connectivity index (χ0n) is 7.71. The topological polar surface area (TPSA) is 79.3 Å². The van der Waals surface area contributed by atoms with E-state index in [1.165, 1.54) is 31.5 Å². The molecule has 0 amide bonds. The molecule has 0 aliphatic carbocycles. The van der Waals surface area contributed by atoms with Gasteiger partial charge in [0, 0.05) is 18.9 Å². The molecule has 1 aromatic heterocycles. The van der Waals surface area contributed by atoms with E-state index in [0.717, 1.165) is 0 Å². The zero-order valence-corrected chi connectivity index (χ0v) is 8.53. The van der Waals surface area contributed by atoms with Crippen molar-refractivity contribution in [3.63, 3.8) is 0 Å². The van der Waals surface area contributed by atoms with Gasteiger partial charge < -0.3 is 5.11 Å². The predicted octanol–water partition coefficient (Wildman–Crippen LogP) is -0.259. The average molecular weight is 216 g/mol. The minimum absolute atomic E-state index is 0.00275. The SMILES string of the molecule is C[C@H](O)CNS(=O)(=O)c1cccnc1. The number of aliphatic hydroxyl groups is 1. The molecule has 5 nitrogen and oxygen atoms in total. The number of nitrogens with one attached hydrogen (secondary N) is 1. The first-order valence-electron chi connectivity index (χ1n) is 4.10. The van der Waals surface area contributed by atoms with E-state index in [1.807, 2.05) is 0 Å². The van der Waals surface area contributed by atoms with E-state index in [0.29, 0.717) is 0 Å². The van der Waals surface area contributed by atoms with Gasteiger partial charge in [0.05, 0.1) is 6.10 Å². The molecule has 0 unspecified atom stereocenters. The second kappa shape index (κ2) is 4.50. The molecule has 0 bridgehead atoms. The summed E-state index contributed by atoms with van der Waals surface area (Å²) in [4.78, 5) is 3.79. The van der Waals surface area contributed by atoms with Gasteiger partial charge in [0.1, 0.15) is 4.90 Å². The normalized spacial score (nSPS) is 13.9. The van der Waals surface area contributed by atoms with Crippen molar-refractivity contribution in [1.29, 1.82) is 0 Å². The van der Waals surface area contributed by atoms with E-state index < -0.39 is 16.1 Å². The Hall–Kier alpha value is -0.980. The Morgan fingerprint density at radius 1 is 1.64 bits per heavy atom. The monoisotopic (exact) mass is 216 g/mol. The minimum atomic E-state index is -3.53. The highest BCUT2D eigenvalue weighted by molar-refractivity contribution is 7.89. The summed E-state index contributed by atoms with van der Waals surface area (Å²) in [7, 11) is -3.53. The summed E-state index contributed by atoms with van der Waals surface area (Å²) >= 11 is 0. The molecular formula is C8H12N2O3S. The Labute approximate surface area is 82.9 Å². The quantitative estimate of drug-likeness (QED) is 0.726. The molecule has 0 saturated heterocycles. The Morgan fingerprint density at radius 2 is 2.36 bits per heavy atom. The first-order valence-corrected chi connectivity index (χ1v) is 5.58. The summed E-state index contributed by atoms with van der Waals surface area (Å²) in [6.45, 7) is 1.50. The average Bonchev–Trinajstić information content (AvgIpc) is 2.16. The molecule has 1 aromatic rings. The smallest absolute Gasteiger partial charge is 0.242 e. The minimum Gasteiger partial charge on any atom is -0.392 e. The van der Waals surface area contributed by atoms with Crippen LogP contribution < -0.4 is 4.72 Å². The second-order valence-corrected chi connectivity index (χ2v) is 4.66. The molecule has 0 aliphatic heterocycles. The first kappa shape index (κ1) is 11.1. The summed E-state index contributed by atoms with van der Waals surface area (Å²) in [5.41, 5.74) is 0. The molecule has 2 N–H and O–H groups in total. The molecule has 0 spiro atoms. The van der Waals surface area contributed by atoms with E-state index >= 15 is 0 Å². The van der Waals surface area contributed by atoms with Gasteiger partial charge in [-0.3, -0.25) is 4.98 Å². The number of pyridine rings is 1. The van der Waals surface area contributed by atoms with Crippen LogP contribution in [0.2, 0.25) is 0 Å². The molecule has 6 heteroatoms. The number of sulfonamides is 1. The van der Waals surface area contributed by atoms with Crippen molar-refractivity contribution >= 4 is 10.0 Å². The maximum atomic E-state index is 11.5. The number of aliphatic hydroxyl groups excluding tert-OH is 1. The van der Waals surface area contributed by atoms with Crippen LogP contribution in [0.5, 0.6) is 0 Å². The third-order valence-electron chi connectivity index (χ3n) is 1.51. The molecular weight excluding hydrogens is 204 g/mol. The first-order chi connectivity index (χ1) is 6.52. The van der Waals surface area contributed by atoms with Gasteiger partial charge in [-0.05, 0) is 19.1 Å². The maximum absolute atomic E-state index is 11.5. The van der Waals surface area contributed by atoms with Crippen molar-refractivity contribution < 1.29 is 13.5 Å². The third kappa shape index (κ3) is 3.06. The summed E-state index contributed by atoms with van der Waals surface area (Å²) < 4.78 is 25.2. The van der Waals surface area contributed by atoms with E-state index in [2.05, 4.69) is 9.71 Å². The summed E-state index contributed by atoms with van der Waals surface area (Å²) in [6, 6.07) is 2.98. The number of nitrogens with zero attached hydrogens (tertiary/aromatic N) is 1. The second-order valence-electron chi connectivity index (χ2n) is 2.89. The Kier molecular flexibility index (Phi) is 3.56. The molecule has 1 atom stereocenters. The van der Waals surface area contributed by atoms with Crippen molar-refractivity contribution in [1.82, 2.24) is 9.71 Å². The van der Waals surface area contributed by atoms with Crippen LogP contribution in [0.3, 0.4) is 0 Å². The fourth-order valence-corrected chi connectivity index (χ4v) is 1.90. The van der Waals surface area contributed by atoms with Gasteiger partial charge in [-0.25, -0.2) is 13.1 Å². The van der Waals surface area contributed by atoms with Crippen molar-refractivity contribution in [2.75, 3.05) is 6.54 Å². The molecule has 0 aromatic carbocycles. The van der Waals surface area contributed by atoms with Crippen LogP contribution >= 0.6 is 0 Å². The van der Waals surface area contributed by atoms with Gasteiger partial charge in [-0.2, -0.15) is 0 Å². The van der Waals surface area contributed by atoms with Crippen LogP contribution in [0.1, 0.15) is 6.92 Å². The fourth-order valence-electron chi connectivity index (χ4n) is 0.820. The number of hydrogen-bond donors (Lipinski definition) is 2. The lowest BCUT2D eigenvalue weighted by Gasteiger charge is -2.07. The van der Waals surface area contributed by atoms with Crippen molar-refractivity contribution in [3.8, 4) is 0 Å². The number of hydrogen-bond acceptors (Lipinski definition) is 4. The summed E-state index contributed by atoms with van der Waals surface area (Å²) in [6.07, 6.45) is 2.04. The van der Waals surface area contributed by atoms with Crippen LogP contribution in [0.4, 0.5) is 0 Å². The largest absolute Gasteiger partial charge is 0.392 e. The van der Waals surface area contributed by atoms with Crippen molar-refractivity contribution in [2.45, 2.75) is 17.9 Å². The summed E-state index contributed by atoms with van der Waals surface area (Å²) in [5.74, 6) is 0. The molecule has 1 heterocycles. The van der Waals surface area contributed by atoms with Crippen molar-refractivity contribution in [3.05, 3.63) is 24.5 Å². The highest BCUT2D eigenvalue weighted by Crippen LogP contribution is 2.04. The highest BCUT2D eigenvalue weighted by Gasteiger charge is 2.13. The standard InChI is InChI=1S/C8H12N2O3S/c1-7(11)5-10-14(12,13)8-3-2-4-9-6-8/h2-4,6-7,10-11H,5H2,1H3/t7-/m0/s1. The zero-order chi connectivity index (χ0) is 10.6. The van der Waals surface area contributed by atoms with E-state index in [1.54, 1.807) is 0 Å². The van der Waals surface area contributed by atoms with Crippen LogP contribution in [0.25, 0.3) is 0 Å². The van der Waals surface area contributed by atoms with E-state index in [-0.39, 0.29) is 11.4 Å². The van der Waals surface area contributed by atoms with Gasteiger partial charge in [-0.15, -0.1) is 0 Å². The predicted molar refractivity (Wildman–Crippen MR) is 51.1 cm³/mol. The van der Waals surface area contributed by atoms with Crippen molar-refractivity contribution in [2.24, 2.45) is 0 Å². The summed E-state index contributed by atoms with van der Waals surface area (Å²) in [5, 5.41) is 8.92. The van der Waals surface area contributed by atoms with Gasteiger partial charge in [0.2, 0.25) is 10.0 Å². The lowest BCUT2D eigenvalue weighted by atomic mass is 10.4. The van der Waals surface area contributed by atoms with Crippen LogP contribution in [-0.4, -0.2) is 31.2 Å². The molecule has 78 valence electrons. The number of aromatic nitrogens is 1. The van der Waals surface area contributed by atoms with E-state index in [4.69, 9.17) is 5.11 Å². The molecule has 1 rings (SSSR count). The molecule has 0 aliphatic rings. The fraction of sp³-hybridized carbons (Fsp3) is 0.375. The highest BCUT2D eigenvalue weighted by atomic mass is 32.2. The van der Waals surface area contributed by atoms with E-state index in [9.17, 15) is 8.42 Å². The van der Waals surface area contributed by atoms with Gasteiger partial charge in [0.15, 0.2) is 0 Å².